The van der Waals surface area contributed by atoms with Crippen LogP contribution in [0.5, 0.6) is 5.75 Å². The summed E-state index contributed by atoms with van der Waals surface area (Å²) in [5.74, 6) is 0.706. The molecule has 0 aliphatic heterocycles. The van der Waals surface area contributed by atoms with Gasteiger partial charge in [-0.25, -0.2) is 14.8 Å². The Morgan fingerprint density at radius 2 is 1.61 bits per heavy atom. The van der Waals surface area contributed by atoms with Crippen molar-refractivity contribution in [2.75, 3.05) is 0 Å². The van der Waals surface area contributed by atoms with Crippen LogP contribution in [0.4, 0.5) is 0 Å². The van der Waals surface area contributed by atoms with Crippen molar-refractivity contribution in [3.63, 3.8) is 0 Å². The van der Waals surface area contributed by atoms with Crippen molar-refractivity contribution in [1.29, 1.82) is 0 Å². The summed E-state index contributed by atoms with van der Waals surface area (Å²) in [6.07, 6.45) is 9.72. The van der Waals surface area contributed by atoms with Gasteiger partial charge in [-0.05, 0) is 66.9 Å². The molecular weight excluding hydrogens is 372 g/mol. The van der Waals surface area contributed by atoms with Crippen LogP contribution in [0.25, 0.3) is 11.4 Å². The summed E-state index contributed by atoms with van der Waals surface area (Å²) >= 11 is 5.84. The quantitative estimate of drug-likeness (QED) is 0.261. The first-order chi connectivity index (χ1) is 13.7. The highest BCUT2D eigenvalue weighted by atomic mass is 35.5. The minimum absolute atomic E-state index is 0.423. The summed E-state index contributed by atoms with van der Waals surface area (Å²) in [5.41, 5.74) is 2.49. The molecule has 28 heavy (non-hydrogen) atoms. The van der Waals surface area contributed by atoms with Crippen LogP contribution in [-0.2, 0) is 6.42 Å². The Morgan fingerprint density at radius 3 is 2.25 bits per heavy atom. The van der Waals surface area contributed by atoms with Crippen LogP contribution in [0.15, 0.2) is 60.9 Å². The monoisotopic (exact) mass is 394 g/mol. The highest BCUT2D eigenvalue weighted by molar-refractivity contribution is 6.30. The van der Waals surface area contributed by atoms with Gasteiger partial charge in [0, 0.05) is 23.0 Å². The van der Waals surface area contributed by atoms with Gasteiger partial charge in [-0.2, -0.15) is 0 Å². The number of halogens is 1. The molecule has 0 bridgehead atoms. The predicted molar refractivity (Wildman–Crippen MR) is 112 cm³/mol. The van der Waals surface area contributed by atoms with Crippen LogP contribution in [-0.4, -0.2) is 15.9 Å². The summed E-state index contributed by atoms with van der Waals surface area (Å²) in [5, 5.41) is 0.577. The standard InChI is InChI=1S/C23H23ClN2O2/c1-2-3-4-5-6-17-15-25-22(26-16-17)18-9-13-21(14-10-18)28-23(27)19-7-11-20(24)12-8-19/h7-16H,2-6H2,1H3. The van der Waals surface area contributed by atoms with Gasteiger partial charge in [0.25, 0.3) is 0 Å². The Balaban J connectivity index is 1.59. The Kier molecular flexibility index (Phi) is 7.15. The van der Waals surface area contributed by atoms with Crippen molar-refractivity contribution in [2.45, 2.75) is 39.0 Å². The minimum Gasteiger partial charge on any atom is -0.423 e. The van der Waals surface area contributed by atoms with Crippen LogP contribution >= 0.6 is 11.6 Å². The molecule has 0 fully saturated rings. The van der Waals surface area contributed by atoms with Crippen LogP contribution in [0.3, 0.4) is 0 Å². The molecule has 3 rings (SSSR count). The Hall–Kier alpha value is -2.72. The maximum Gasteiger partial charge on any atom is 0.343 e. The van der Waals surface area contributed by atoms with Crippen molar-refractivity contribution in [3.05, 3.63) is 77.1 Å². The molecule has 1 heterocycles. The largest absolute Gasteiger partial charge is 0.423 e. The summed E-state index contributed by atoms with van der Waals surface area (Å²) in [6, 6.07) is 13.8. The van der Waals surface area contributed by atoms with Crippen LogP contribution in [0.1, 0.15) is 48.5 Å². The molecule has 0 saturated carbocycles. The molecule has 0 aliphatic carbocycles. The van der Waals surface area contributed by atoms with E-state index >= 15 is 0 Å². The number of hydrogen-bond donors (Lipinski definition) is 0. The number of hydrogen-bond acceptors (Lipinski definition) is 4. The molecule has 0 aliphatic rings. The molecule has 3 aromatic rings. The lowest BCUT2D eigenvalue weighted by molar-refractivity contribution is 0.0735. The van der Waals surface area contributed by atoms with Gasteiger partial charge in [-0.3, -0.25) is 0 Å². The zero-order valence-electron chi connectivity index (χ0n) is 15.9. The Morgan fingerprint density at radius 1 is 0.929 bits per heavy atom. The highest BCUT2D eigenvalue weighted by Gasteiger charge is 2.09. The van der Waals surface area contributed by atoms with E-state index in [1.807, 2.05) is 24.5 Å². The number of carbonyl (C=O) groups excluding carboxylic acids is 1. The average Bonchev–Trinajstić information content (AvgIpc) is 2.73. The topological polar surface area (TPSA) is 52.1 Å². The fourth-order valence-electron chi connectivity index (χ4n) is 2.81. The van der Waals surface area contributed by atoms with Crippen molar-refractivity contribution in [2.24, 2.45) is 0 Å². The van der Waals surface area contributed by atoms with Crippen LogP contribution < -0.4 is 4.74 Å². The third kappa shape index (κ3) is 5.64. The van der Waals surface area contributed by atoms with Gasteiger partial charge >= 0.3 is 5.97 Å². The van der Waals surface area contributed by atoms with Gasteiger partial charge < -0.3 is 4.74 Å². The van der Waals surface area contributed by atoms with E-state index in [2.05, 4.69) is 16.9 Å². The second-order valence-electron chi connectivity index (χ2n) is 6.65. The molecule has 0 N–H and O–H groups in total. The van der Waals surface area contributed by atoms with E-state index in [0.29, 0.717) is 22.2 Å². The molecule has 5 heteroatoms. The Labute approximate surface area is 170 Å². The molecule has 144 valence electrons. The summed E-state index contributed by atoms with van der Waals surface area (Å²) in [6.45, 7) is 2.21. The maximum absolute atomic E-state index is 12.2. The number of aryl methyl sites for hydroxylation is 1. The normalized spacial score (nSPS) is 10.6. The summed E-state index contributed by atoms with van der Waals surface area (Å²) in [4.78, 5) is 21.1. The first-order valence-electron chi connectivity index (χ1n) is 9.55. The van der Waals surface area contributed by atoms with Crippen molar-refractivity contribution < 1.29 is 9.53 Å². The lowest BCUT2D eigenvalue weighted by Gasteiger charge is -2.06. The Bertz CT molecular complexity index is 891. The molecule has 0 unspecified atom stereocenters. The van der Waals surface area contributed by atoms with Crippen molar-refractivity contribution in [1.82, 2.24) is 9.97 Å². The molecule has 0 saturated heterocycles. The fraction of sp³-hybridized carbons (Fsp3) is 0.261. The third-order valence-electron chi connectivity index (χ3n) is 4.43. The molecule has 2 aromatic carbocycles. The van der Waals surface area contributed by atoms with E-state index in [4.69, 9.17) is 16.3 Å². The number of nitrogens with zero attached hydrogens (tertiary/aromatic N) is 2. The second-order valence-corrected chi connectivity index (χ2v) is 7.08. The number of ether oxygens (including phenoxy) is 1. The third-order valence-corrected chi connectivity index (χ3v) is 4.68. The van der Waals surface area contributed by atoms with E-state index < -0.39 is 5.97 Å². The molecule has 0 spiro atoms. The average molecular weight is 395 g/mol. The molecular formula is C23H23ClN2O2. The SMILES string of the molecule is CCCCCCc1cnc(-c2ccc(OC(=O)c3ccc(Cl)cc3)cc2)nc1. The zero-order valence-corrected chi connectivity index (χ0v) is 16.7. The van der Waals surface area contributed by atoms with Gasteiger partial charge in [0.05, 0.1) is 5.56 Å². The van der Waals surface area contributed by atoms with Crippen molar-refractivity contribution in [3.8, 4) is 17.1 Å². The van der Waals surface area contributed by atoms with E-state index in [-0.39, 0.29) is 0 Å². The first-order valence-corrected chi connectivity index (χ1v) is 9.92. The van der Waals surface area contributed by atoms with Gasteiger partial charge in [0.1, 0.15) is 5.75 Å². The molecule has 0 amide bonds. The van der Waals surface area contributed by atoms with E-state index in [1.54, 1.807) is 36.4 Å². The number of unbranched alkanes of at least 4 members (excludes halogenated alkanes) is 3. The maximum atomic E-state index is 12.2. The van der Waals surface area contributed by atoms with Crippen LogP contribution in [0, 0.1) is 0 Å². The molecule has 1 aromatic heterocycles. The lowest BCUT2D eigenvalue weighted by Crippen LogP contribution is -2.08. The smallest absolute Gasteiger partial charge is 0.343 e. The van der Waals surface area contributed by atoms with E-state index in [1.165, 1.54) is 25.7 Å². The van der Waals surface area contributed by atoms with Crippen molar-refractivity contribution >= 4 is 17.6 Å². The number of aromatic nitrogens is 2. The van der Waals surface area contributed by atoms with Gasteiger partial charge in [0.2, 0.25) is 0 Å². The minimum atomic E-state index is -0.423. The van der Waals surface area contributed by atoms with Gasteiger partial charge in [0.15, 0.2) is 5.82 Å². The first kappa shape index (κ1) is 20.0. The molecule has 4 nitrogen and oxygen atoms in total. The molecule has 0 atom stereocenters. The number of benzene rings is 2. The number of esters is 1. The van der Waals surface area contributed by atoms with Crippen LogP contribution in [0.2, 0.25) is 5.02 Å². The van der Waals surface area contributed by atoms with Gasteiger partial charge in [-0.15, -0.1) is 0 Å². The summed E-state index contributed by atoms with van der Waals surface area (Å²) < 4.78 is 5.39. The number of carbonyl (C=O) groups is 1. The lowest BCUT2D eigenvalue weighted by atomic mass is 10.1. The predicted octanol–water partition coefficient (Wildman–Crippen LogP) is 6.14. The van der Waals surface area contributed by atoms with E-state index in [9.17, 15) is 4.79 Å². The highest BCUT2D eigenvalue weighted by Crippen LogP contribution is 2.21. The number of rotatable bonds is 8. The summed E-state index contributed by atoms with van der Waals surface area (Å²) in [7, 11) is 0. The van der Waals surface area contributed by atoms with E-state index in [0.717, 1.165) is 17.5 Å². The zero-order chi connectivity index (χ0) is 19.8. The van der Waals surface area contributed by atoms with Gasteiger partial charge in [-0.1, -0.05) is 37.8 Å². The fourth-order valence-corrected chi connectivity index (χ4v) is 2.94. The molecule has 0 radical (unpaired) electrons. The second kappa shape index (κ2) is 10.00.